The van der Waals surface area contributed by atoms with E-state index in [1.165, 1.54) is 0 Å². The second-order valence-corrected chi connectivity index (χ2v) is 3.98. The number of carbonyl (C=O) groups excluding carboxylic acids is 1. The number of nitrogens with zero attached hydrogens (tertiary/aromatic N) is 1. The number of Topliss-reactive ketones (excluding diaryl/α,β-unsaturated/α-hetero) is 1. The Morgan fingerprint density at radius 1 is 1.42 bits per heavy atom. The number of rotatable bonds is 0. The maximum Gasteiger partial charge on any atom is 0.136 e. The van der Waals surface area contributed by atoms with Gasteiger partial charge in [-0.05, 0) is 19.9 Å². The van der Waals surface area contributed by atoms with Crippen LogP contribution in [0.4, 0.5) is 0 Å². The molecular weight excluding hydrogens is 154 g/mol. The minimum absolute atomic E-state index is 0.102. The molecule has 2 fully saturated rings. The molecule has 2 aliphatic rings. The summed E-state index contributed by atoms with van der Waals surface area (Å²) in [5.41, 5.74) is 0. The van der Waals surface area contributed by atoms with Crippen molar-refractivity contribution in [2.45, 2.75) is 43.9 Å². The summed E-state index contributed by atoms with van der Waals surface area (Å²) >= 11 is 0. The highest BCUT2D eigenvalue weighted by Gasteiger charge is 2.39. The van der Waals surface area contributed by atoms with Crippen molar-refractivity contribution in [3.05, 3.63) is 0 Å². The van der Waals surface area contributed by atoms with Gasteiger partial charge in [-0.15, -0.1) is 0 Å². The Bertz CT molecular complexity index is 205. The first kappa shape index (κ1) is 8.20. The van der Waals surface area contributed by atoms with E-state index in [-0.39, 0.29) is 12.1 Å². The second-order valence-electron chi connectivity index (χ2n) is 3.98. The van der Waals surface area contributed by atoms with E-state index in [1.807, 2.05) is 7.05 Å². The first-order chi connectivity index (χ1) is 5.68. The molecule has 3 atom stereocenters. The second kappa shape index (κ2) is 2.82. The molecule has 3 unspecified atom stereocenters. The highest BCUT2D eigenvalue weighted by molar-refractivity contribution is 5.80. The Kier molecular flexibility index (Phi) is 1.93. The third-order valence-corrected chi connectivity index (χ3v) is 3.24. The van der Waals surface area contributed by atoms with Crippen molar-refractivity contribution in [2.75, 3.05) is 7.05 Å². The Balaban J connectivity index is 2.16. The average Bonchev–Trinajstić information content (AvgIpc) is 2.01. The molecular formula is C9H15NO2. The topological polar surface area (TPSA) is 40.5 Å². The summed E-state index contributed by atoms with van der Waals surface area (Å²) in [6.07, 6.45) is 2.80. The van der Waals surface area contributed by atoms with Gasteiger partial charge in [-0.1, -0.05) is 0 Å². The molecule has 3 nitrogen and oxygen atoms in total. The summed E-state index contributed by atoms with van der Waals surface area (Å²) < 4.78 is 0. The minimum atomic E-state index is -0.282. The van der Waals surface area contributed by atoms with Crippen LogP contribution in [0.3, 0.4) is 0 Å². The number of aliphatic hydroxyl groups is 1. The molecule has 2 bridgehead atoms. The van der Waals surface area contributed by atoms with E-state index in [9.17, 15) is 9.90 Å². The lowest BCUT2D eigenvalue weighted by Crippen LogP contribution is -2.56. The highest BCUT2D eigenvalue weighted by atomic mass is 16.3. The summed E-state index contributed by atoms with van der Waals surface area (Å²) in [5.74, 6) is 0.321. The molecule has 0 spiro atoms. The number of hydrogen-bond donors (Lipinski definition) is 1. The van der Waals surface area contributed by atoms with Gasteiger partial charge in [-0.25, -0.2) is 0 Å². The van der Waals surface area contributed by atoms with Gasteiger partial charge in [0.2, 0.25) is 0 Å². The number of fused-ring (bicyclic) bond motifs is 2. The first-order valence-electron chi connectivity index (χ1n) is 4.60. The van der Waals surface area contributed by atoms with Crippen molar-refractivity contribution in [1.29, 1.82) is 0 Å². The zero-order valence-corrected chi connectivity index (χ0v) is 7.36. The van der Waals surface area contributed by atoms with Crippen molar-refractivity contribution in [3.8, 4) is 0 Å². The van der Waals surface area contributed by atoms with Crippen molar-refractivity contribution < 1.29 is 9.90 Å². The Labute approximate surface area is 72.4 Å². The largest absolute Gasteiger partial charge is 0.391 e. The molecule has 12 heavy (non-hydrogen) atoms. The number of hydrogen-bond acceptors (Lipinski definition) is 3. The Morgan fingerprint density at radius 3 is 2.92 bits per heavy atom. The van der Waals surface area contributed by atoms with Crippen LogP contribution in [0.5, 0.6) is 0 Å². The van der Waals surface area contributed by atoms with Crippen LogP contribution in [-0.2, 0) is 4.79 Å². The lowest BCUT2D eigenvalue weighted by Gasteiger charge is -2.45. The average molecular weight is 169 g/mol. The molecule has 0 aliphatic carbocycles. The summed E-state index contributed by atoms with van der Waals surface area (Å²) in [6, 6.07) is 0.504. The maximum absolute atomic E-state index is 11.2. The van der Waals surface area contributed by atoms with Crippen molar-refractivity contribution in [3.63, 3.8) is 0 Å². The highest BCUT2D eigenvalue weighted by Crippen LogP contribution is 2.30. The van der Waals surface area contributed by atoms with Crippen LogP contribution in [-0.4, -0.2) is 41.0 Å². The summed E-state index contributed by atoms with van der Waals surface area (Å²) in [7, 11) is 2.02. The van der Waals surface area contributed by atoms with Gasteiger partial charge in [-0.2, -0.15) is 0 Å². The predicted octanol–water partition coefficient (Wildman–Crippen LogP) is 0.173. The summed E-state index contributed by atoms with van der Waals surface area (Å²) in [6.45, 7) is 0. The predicted molar refractivity (Wildman–Crippen MR) is 44.8 cm³/mol. The zero-order chi connectivity index (χ0) is 8.72. The standard InChI is InChI=1S/C9H15NO2/c1-10-6-2-3-9(12)8(10)5-7(11)4-6/h6,8-9,12H,2-5H2,1H3. The number of piperidine rings is 2. The fourth-order valence-corrected chi connectivity index (χ4v) is 2.41. The van der Waals surface area contributed by atoms with Crippen molar-refractivity contribution in [1.82, 2.24) is 4.90 Å². The van der Waals surface area contributed by atoms with Gasteiger partial charge in [0, 0.05) is 24.9 Å². The Morgan fingerprint density at radius 2 is 2.17 bits per heavy atom. The van der Waals surface area contributed by atoms with Gasteiger partial charge in [0.05, 0.1) is 6.10 Å². The third-order valence-electron chi connectivity index (χ3n) is 3.24. The molecule has 3 heteroatoms. The molecule has 0 aromatic heterocycles. The molecule has 2 aliphatic heterocycles. The lowest BCUT2D eigenvalue weighted by molar-refractivity contribution is -0.130. The SMILES string of the molecule is CN1C2CCC(O)C1CC(=O)C2. The van der Waals surface area contributed by atoms with Crippen LogP contribution in [0, 0.1) is 0 Å². The van der Waals surface area contributed by atoms with E-state index in [2.05, 4.69) is 4.90 Å². The molecule has 0 amide bonds. The van der Waals surface area contributed by atoms with Crippen LogP contribution in [0.2, 0.25) is 0 Å². The molecule has 0 aromatic carbocycles. The number of likely N-dealkylation sites (N-methyl/N-ethyl adjacent to an activating group) is 1. The molecule has 0 aromatic rings. The third kappa shape index (κ3) is 1.17. The monoisotopic (exact) mass is 169 g/mol. The van der Waals surface area contributed by atoms with Gasteiger partial charge < -0.3 is 5.11 Å². The van der Waals surface area contributed by atoms with E-state index in [0.717, 1.165) is 12.8 Å². The molecule has 1 N–H and O–H groups in total. The summed E-state index contributed by atoms with van der Waals surface area (Å²) in [4.78, 5) is 13.4. The summed E-state index contributed by atoms with van der Waals surface area (Å²) in [5, 5.41) is 9.61. The molecule has 0 saturated carbocycles. The number of ketones is 1. The number of carbonyl (C=O) groups is 1. The fraction of sp³-hybridized carbons (Fsp3) is 0.889. The van der Waals surface area contributed by atoms with Crippen LogP contribution < -0.4 is 0 Å². The van der Waals surface area contributed by atoms with E-state index >= 15 is 0 Å². The molecule has 2 heterocycles. The molecule has 2 saturated heterocycles. The van der Waals surface area contributed by atoms with E-state index in [4.69, 9.17) is 0 Å². The fourth-order valence-electron chi connectivity index (χ4n) is 2.41. The maximum atomic E-state index is 11.2. The van der Waals surface area contributed by atoms with Gasteiger partial charge >= 0.3 is 0 Å². The molecule has 2 rings (SSSR count). The molecule has 0 radical (unpaired) electrons. The van der Waals surface area contributed by atoms with Gasteiger partial charge in [0.25, 0.3) is 0 Å². The quantitative estimate of drug-likeness (QED) is 0.562. The normalized spacial score (nSPS) is 43.2. The smallest absolute Gasteiger partial charge is 0.136 e. The van der Waals surface area contributed by atoms with Crippen molar-refractivity contribution >= 4 is 5.78 Å². The van der Waals surface area contributed by atoms with E-state index in [1.54, 1.807) is 0 Å². The van der Waals surface area contributed by atoms with Gasteiger partial charge in [0.1, 0.15) is 5.78 Å². The van der Waals surface area contributed by atoms with Crippen molar-refractivity contribution in [2.24, 2.45) is 0 Å². The van der Waals surface area contributed by atoms with E-state index < -0.39 is 0 Å². The zero-order valence-electron chi connectivity index (χ0n) is 7.36. The van der Waals surface area contributed by atoms with Gasteiger partial charge in [-0.3, -0.25) is 9.69 Å². The van der Waals surface area contributed by atoms with E-state index in [0.29, 0.717) is 24.7 Å². The first-order valence-corrected chi connectivity index (χ1v) is 4.60. The van der Waals surface area contributed by atoms with Crippen LogP contribution >= 0.6 is 0 Å². The Hall–Kier alpha value is -0.410. The van der Waals surface area contributed by atoms with Crippen LogP contribution in [0.15, 0.2) is 0 Å². The molecule has 68 valence electrons. The van der Waals surface area contributed by atoms with Crippen LogP contribution in [0.1, 0.15) is 25.7 Å². The lowest BCUT2D eigenvalue weighted by atomic mass is 9.83. The van der Waals surface area contributed by atoms with Crippen LogP contribution in [0.25, 0.3) is 0 Å². The van der Waals surface area contributed by atoms with Gasteiger partial charge in [0.15, 0.2) is 0 Å². The minimum Gasteiger partial charge on any atom is -0.391 e. The number of aliphatic hydroxyl groups excluding tert-OH is 1.